The third kappa shape index (κ3) is 4.97. The van der Waals surface area contributed by atoms with Crippen LogP contribution in [0.15, 0.2) is 24.3 Å². The fourth-order valence-corrected chi connectivity index (χ4v) is 4.34. The van der Waals surface area contributed by atoms with E-state index in [1.807, 2.05) is 0 Å². The number of carbonyl (C=O) groups is 3. The van der Waals surface area contributed by atoms with Gasteiger partial charge in [-0.05, 0) is 38.8 Å². The molecule has 0 unspecified atom stereocenters. The predicted molar refractivity (Wildman–Crippen MR) is 121 cm³/mol. The number of urea groups is 1. The summed E-state index contributed by atoms with van der Waals surface area (Å²) >= 11 is 0. The number of amides is 4. The molecule has 4 amide bonds. The van der Waals surface area contributed by atoms with Crippen LogP contribution in [-0.2, 0) is 17.8 Å². The van der Waals surface area contributed by atoms with Crippen molar-refractivity contribution in [2.45, 2.75) is 51.9 Å². The molecule has 1 aromatic heterocycles. The second-order valence-electron chi connectivity index (χ2n) is 8.83. The van der Waals surface area contributed by atoms with Crippen molar-refractivity contribution < 1.29 is 23.5 Å². The number of fused-ring (bicyclic) bond motifs is 1. The molecule has 0 spiro atoms. The molecule has 11 heteroatoms. The van der Waals surface area contributed by atoms with Crippen LogP contribution in [0.3, 0.4) is 0 Å². The Hall–Kier alpha value is -3.63. The molecule has 0 radical (unpaired) electrons. The van der Waals surface area contributed by atoms with Crippen LogP contribution >= 0.6 is 0 Å². The number of piperidine rings is 1. The van der Waals surface area contributed by atoms with Gasteiger partial charge in [-0.3, -0.25) is 9.48 Å². The highest BCUT2D eigenvalue weighted by molar-refractivity contribution is 6.00. The van der Waals surface area contributed by atoms with E-state index in [1.54, 1.807) is 40.5 Å². The Balaban J connectivity index is 1.42. The van der Waals surface area contributed by atoms with Crippen LogP contribution in [0.2, 0.25) is 0 Å². The number of primary amides is 1. The number of hydrogen-bond donors (Lipinski definition) is 2. The zero-order valence-corrected chi connectivity index (χ0v) is 19.3. The molecule has 2 aliphatic rings. The largest absolute Gasteiger partial charge is 0.447 e. The molecule has 3 heterocycles. The van der Waals surface area contributed by atoms with E-state index in [0.717, 1.165) is 0 Å². The summed E-state index contributed by atoms with van der Waals surface area (Å²) in [6.45, 7) is 5.57. The van der Waals surface area contributed by atoms with Crippen molar-refractivity contribution in [1.29, 1.82) is 0 Å². The van der Waals surface area contributed by atoms with Gasteiger partial charge in [0, 0.05) is 31.2 Å². The van der Waals surface area contributed by atoms with Gasteiger partial charge < -0.3 is 25.6 Å². The maximum atomic E-state index is 13.7. The Kier molecular flexibility index (Phi) is 6.71. The summed E-state index contributed by atoms with van der Waals surface area (Å²) in [6.07, 6.45) is 0.739. The standard InChI is InChI=1S/C23H29FN6O4/c1-14(2)34-23(33)28-8-6-17(7-9-28)26-22(32)29-10-11-30-18(13-29)19(21(25)31)20(27-30)15-4-3-5-16(24)12-15/h3-5,12,14,17H,6-11,13H2,1-2H3,(H2,25,31)(H,26,32). The molecule has 1 saturated heterocycles. The van der Waals surface area contributed by atoms with Crippen molar-refractivity contribution in [2.24, 2.45) is 5.73 Å². The van der Waals surface area contributed by atoms with Crippen molar-refractivity contribution in [3.05, 3.63) is 41.3 Å². The number of ether oxygens (including phenoxy) is 1. The smallest absolute Gasteiger partial charge is 0.410 e. The first-order valence-electron chi connectivity index (χ1n) is 11.4. The van der Waals surface area contributed by atoms with E-state index in [2.05, 4.69) is 10.4 Å². The fourth-order valence-electron chi connectivity index (χ4n) is 4.34. The first kappa shape index (κ1) is 23.5. The molecule has 2 aromatic rings. The Bertz CT molecular complexity index is 1090. The molecule has 1 fully saturated rings. The quantitative estimate of drug-likeness (QED) is 0.707. The van der Waals surface area contributed by atoms with Gasteiger partial charge >= 0.3 is 12.1 Å². The summed E-state index contributed by atoms with van der Waals surface area (Å²) < 4.78 is 20.6. The molecule has 0 aliphatic carbocycles. The lowest BCUT2D eigenvalue weighted by Gasteiger charge is -2.34. The fraction of sp³-hybridized carbons (Fsp3) is 0.478. The van der Waals surface area contributed by atoms with Crippen LogP contribution in [0, 0.1) is 5.82 Å². The summed E-state index contributed by atoms with van der Waals surface area (Å²) in [6, 6.07) is 5.50. The summed E-state index contributed by atoms with van der Waals surface area (Å²) in [5, 5.41) is 7.51. The lowest BCUT2D eigenvalue weighted by atomic mass is 10.0. The lowest BCUT2D eigenvalue weighted by Crippen LogP contribution is -2.51. The minimum atomic E-state index is -0.677. The lowest BCUT2D eigenvalue weighted by molar-refractivity contribution is 0.0679. The third-order valence-electron chi connectivity index (χ3n) is 6.03. The highest BCUT2D eigenvalue weighted by Crippen LogP contribution is 2.28. The minimum Gasteiger partial charge on any atom is -0.447 e. The predicted octanol–water partition coefficient (Wildman–Crippen LogP) is 2.32. The van der Waals surface area contributed by atoms with Gasteiger partial charge in [0.15, 0.2) is 0 Å². The number of benzene rings is 1. The van der Waals surface area contributed by atoms with Crippen LogP contribution in [0.4, 0.5) is 14.0 Å². The van der Waals surface area contributed by atoms with Gasteiger partial charge in [0.05, 0.1) is 30.5 Å². The molecule has 3 N–H and O–H groups in total. The normalized spacial score (nSPS) is 16.4. The van der Waals surface area contributed by atoms with E-state index in [9.17, 15) is 18.8 Å². The average molecular weight is 473 g/mol. The zero-order valence-electron chi connectivity index (χ0n) is 19.3. The minimum absolute atomic E-state index is 0.0686. The van der Waals surface area contributed by atoms with E-state index >= 15 is 0 Å². The maximum Gasteiger partial charge on any atom is 0.410 e. The van der Waals surface area contributed by atoms with Gasteiger partial charge in [0.25, 0.3) is 5.91 Å². The molecular formula is C23H29FN6O4. The van der Waals surface area contributed by atoms with Crippen molar-refractivity contribution in [3.8, 4) is 11.3 Å². The van der Waals surface area contributed by atoms with Crippen molar-refractivity contribution in [2.75, 3.05) is 19.6 Å². The summed E-state index contributed by atoms with van der Waals surface area (Å²) in [4.78, 5) is 40.5. The van der Waals surface area contributed by atoms with E-state index in [4.69, 9.17) is 10.5 Å². The van der Waals surface area contributed by atoms with Crippen LogP contribution in [-0.4, -0.2) is 69.4 Å². The van der Waals surface area contributed by atoms with Gasteiger partial charge in [0.1, 0.15) is 11.5 Å². The SMILES string of the molecule is CC(C)OC(=O)N1CCC(NC(=O)N2CCn3nc(-c4cccc(F)c4)c(C(N)=O)c3C2)CC1. The Morgan fingerprint density at radius 3 is 2.53 bits per heavy atom. The van der Waals surface area contributed by atoms with Crippen molar-refractivity contribution in [1.82, 2.24) is 24.9 Å². The highest BCUT2D eigenvalue weighted by atomic mass is 19.1. The Labute approximate surface area is 196 Å². The number of nitrogens with two attached hydrogens (primary N) is 1. The molecule has 2 aliphatic heterocycles. The molecule has 0 saturated carbocycles. The van der Waals surface area contributed by atoms with Crippen LogP contribution in [0.25, 0.3) is 11.3 Å². The van der Waals surface area contributed by atoms with Gasteiger partial charge in [-0.2, -0.15) is 5.10 Å². The third-order valence-corrected chi connectivity index (χ3v) is 6.03. The monoisotopic (exact) mass is 472 g/mol. The Morgan fingerprint density at radius 2 is 1.88 bits per heavy atom. The zero-order chi connectivity index (χ0) is 24.4. The van der Waals surface area contributed by atoms with Gasteiger partial charge in [-0.25, -0.2) is 14.0 Å². The summed E-state index contributed by atoms with van der Waals surface area (Å²) in [5.74, 6) is -1.12. The second kappa shape index (κ2) is 9.70. The van der Waals surface area contributed by atoms with Gasteiger partial charge in [-0.15, -0.1) is 0 Å². The molecule has 0 bridgehead atoms. The molecule has 1 aromatic carbocycles. The molecule has 10 nitrogen and oxygen atoms in total. The summed E-state index contributed by atoms with van der Waals surface area (Å²) in [5.41, 5.74) is 7.13. The first-order chi connectivity index (χ1) is 16.2. The second-order valence-corrected chi connectivity index (χ2v) is 8.83. The van der Waals surface area contributed by atoms with E-state index < -0.39 is 11.7 Å². The van der Waals surface area contributed by atoms with Crippen molar-refractivity contribution >= 4 is 18.0 Å². The Morgan fingerprint density at radius 1 is 1.15 bits per heavy atom. The van der Waals surface area contributed by atoms with E-state index in [1.165, 1.54) is 12.1 Å². The van der Waals surface area contributed by atoms with Crippen LogP contribution < -0.4 is 11.1 Å². The molecular weight excluding hydrogens is 443 g/mol. The molecule has 182 valence electrons. The molecule has 4 rings (SSSR count). The average Bonchev–Trinajstić information content (AvgIpc) is 3.18. The molecule has 34 heavy (non-hydrogen) atoms. The number of halogens is 1. The number of hydrogen-bond acceptors (Lipinski definition) is 5. The maximum absolute atomic E-state index is 13.7. The number of aromatic nitrogens is 2. The first-order valence-corrected chi connectivity index (χ1v) is 11.4. The number of carbonyl (C=O) groups excluding carboxylic acids is 3. The van der Waals surface area contributed by atoms with Crippen molar-refractivity contribution in [3.63, 3.8) is 0 Å². The van der Waals surface area contributed by atoms with Crippen LogP contribution in [0.1, 0.15) is 42.7 Å². The number of nitrogens with zero attached hydrogens (tertiary/aromatic N) is 4. The van der Waals surface area contributed by atoms with E-state index in [-0.39, 0.29) is 36.4 Å². The number of rotatable bonds is 4. The number of likely N-dealkylation sites (tertiary alicyclic amines) is 1. The topological polar surface area (TPSA) is 123 Å². The number of nitrogens with one attached hydrogen (secondary N) is 1. The molecule has 0 atom stereocenters. The van der Waals surface area contributed by atoms with Gasteiger partial charge in [0.2, 0.25) is 0 Å². The summed E-state index contributed by atoms with van der Waals surface area (Å²) in [7, 11) is 0. The van der Waals surface area contributed by atoms with Gasteiger partial charge in [-0.1, -0.05) is 12.1 Å². The van der Waals surface area contributed by atoms with E-state index in [0.29, 0.717) is 56.0 Å². The van der Waals surface area contributed by atoms with Crippen LogP contribution in [0.5, 0.6) is 0 Å². The highest BCUT2D eigenvalue weighted by Gasteiger charge is 2.31.